The Hall–Kier alpha value is -2.17. The molecule has 0 saturated carbocycles. The van der Waals surface area contributed by atoms with E-state index in [0.29, 0.717) is 12.4 Å². The van der Waals surface area contributed by atoms with Crippen LogP contribution in [-0.4, -0.2) is 21.9 Å². The van der Waals surface area contributed by atoms with E-state index in [-0.39, 0.29) is 5.56 Å². The van der Waals surface area contributed by atoms with E-state index >= 15 is 0 Å². The molecule has 0 spiro atoms. The Bertz CT molecular complexity index is 522. The zero-order valence-corrected chi connectivity index (χ0v) is 8.83. The Morgan fingerprint density at radius 1 is 1.38 bits per heavy atom. The highest BCUT2D eigenvalue weighted by Gasteiger charge is 2.01. The van der Waals surface area contributed by atoms with Crippen LogP contribution >= 0.6 is 0 Å². The molecule has 0 radical (unpaired) electrons. The van der Waals surface area contributed by atoms with Crippen LogP contribution in [0.4, 0.5) is 0 Å². The summed E-state index contributed by atoms with van der Waals surface area (Å²) in [7, 11) is 1.52. The van der Waals surface area contributed by atoms with Gasteiger partial charge in [-0.1, -0.05) is 6.07 Å². The lowest BCUT2D eigenvalue weighted by Gasteiger charge is -2.05. The van der Waals surface area contributed by atoms with Gasteiger partial charge in [0.2, 0.25) is 5.88 Å². The maximum atomic E-state index is 11.5. The highest BCUT2D eigenvalue weighted by Crippen LogP contribution is 2.02. The summed E-state index contributed by atoms with van der Waals surface area (Å²) in [5.74, 6) is 0.420. The lowest BCUT2D eigenvalue weighted by Crippen LogP contribution is -2.22. The zero-order chi connectivity index (χ0) is 11.4. The van der Waals surface area contributed by atoms with Crippen molar-refractivity contribution in [3.05, 3.63) is 52.6 Å². The molecule has 16 heavy (non-hydrogen) atoms. The number of methoxy groups -OCH3 is 1. The molecular formula is C11H11N3O2. The van der Waals surface area contributed by atoms with Gasteiger partial charge in [-0.3, -0.25) is 9.78 Å². The van der Waals surface area contributed by atoms with E-state index in [1.165, 1.54) is 17.9 Å². The third kappa shape index (κ3) is 2.25. The first kappa shape index (κ1) is 10.4. The quantitative estimate of drug-likeness (QED) is 0.759. The van der Waals surface area contributed by atoms with Crippen molar-refractivity contribution in [3.8, 4) is 5.88 Å². The van der Waals surface area contributed by atoms with Gasteiger partial charge in [0.05, 0.1) is 13.7 Å². The molecule has 0 bridgehead atoms. The summed E-state index contributed by atoms with van der Waals surface area (Å²) in [6.45, 7) is 0.393. The summed E-state index contributed by atoms with van der Waals surface area (Å²) < 4.78 is 6.30. The van der Waals surface area contributed by atoms with Gasteiger partial charge >= 0.3 is 0 Å². The predicted molar refractivity (Wildman–Crippen MR) is 58.4 cm³/mol. The smallest absolute Gasteiger partial charge is 0.267 e. The van der Waals surface area contributed by atoms with Crippen LogP contribution in [0.5, 0.6) is 5.88 Å². The Kier molecular flexibility index (Phi) is 2.95. The third-order valence-electron chi connectivity index (χ3n) is 2.11. The largest absolute Gasteiger partial charge is 0.480 e. The normalized spacial score (nSPS) is 10.1. The van der Waals surface area contributed by atoms with Crippen molar-refractivity contribution in [1.82, 2.24) is 14.8 Å². The van der Waals surface area contributed by atoms with E-state index in [0.717, 1.165) is 5.56 Å². The predicted octanol–water partition coefficient (Wildman–Crippen LogP) is 0.695. The average Bonchev–Trinajstić information content (AvgIpc) is 2.33. The van der Waals surface area contributed by atoms with Crippen molar-refractivity contribution < 1.29 is 4.74 Å². The molecule has 0 N–H and O–H groups in total. The fourth-order valence-corrected chi connectivity index (χ4v) is 1.32. The summed E-state index contributed by atoms with van der Waals surface area (Å²) in [6.07, 6.45) is 3.39. The summed E-state index contributed by atoms with van der Waals surface area (Å²) in [6, 6.07) is 6.69. The average molecular weight is 217 g/mol. The fraction of sp³-hybridized carbons (Fsp3) is 0.182. The van der Waals surface area contributed by atoms with Crippen LogP contribution < -0.4 is 10.3 Å². The monoisotopic (exact) mass is 217 g/mol. The first-order valence-electron chi connectivity index (χ1n) is 4.80. The van der Waals surface area contributed by atoms with Crippen LogP contribution in [0.3, 0.4) is 0 Å². The molecule has 2 aromatic heterocycles. The van der Waals surface area contributed by atoms with E-state index in [9.17, 15) is 4.79 Å². The first-order valence-corrected chi connectivity index (χ1v) is 4.80. The standard InChI is InChI=1S/C11H11N3O2/c1-16-10-4-5-11(15)14(13-10)8-9-3-2-6-12-7-9/h2-7H,8H2,1H3. The van der Waals surface area contributed by atoms with Gasteiger partial charge in [-0.2, -0.15) is 0 Å². The molecule has 0 amide bonds. The molecule has 2 heterocycles. The summed E-state index contributed by atoms with van der Waals surface area (Å²) in [5.41, 5.74) is 0.759. The molecule has 0 aromatic carbocycles. The number of aromatic nitrogens is 3. The van der Waals surface area contributed by atoms with E-state index in [4.69, 9.17) is 4.74 Å². The van der Waals surface area contributed by atoms with Crippen LogP contribution in [0.25, 0.3) is 0 Å². The van der Waals surface area contributed by atoms with Crippen LogP contribution in [0.2, 0.25) is 0 Å². The van der Waals surface area contributed by atoms with Crippen LogP contribution in [0.15, 0.2) is 41.5 Å². The second-order valence-corrected chi connectivity index (χ2v) is 3.23. The van der Waals surface area contributed by atoms with Gasteiger partial charge in [0.25, 0.3) is 5.56 Å². The number of hydrogen-bond donors (Lipinski definition) is 0. The summed E-state index contributed by atoms with van der Waals surface area (Å²) in [4.78, 5) is 15.5. The van der Waals surface area contributed by atoms with E-state index in [2.05, 4.69) is 10.1 Å². The number of ether oxygens (including phenoxy) is 1. The first-order chi connectivity index (χ1) is 7.79. The Morgan fingerprint density at radius 2 is 2.25 bits per heavy atom. The second-order valence-electron chi connectivity index (χ2n) is 3.23. The van der Waals surface area contributed by atoms with Gasteiger partial charge in [-0.25, -0.2) is 4.68 Å². The molecule has 0 aliphatic carbocycles. The Labute approximate surface area is 92.3 Å². The molecule has 5 heteroatoms. The number of pyridine rings is 1. The van der Waals surface area contributed by atoms with Gasteiger partial charge in [-0.15, -0.1) is 5.10 Å². The van der Waals surface area contributed by atoms with Crippen LogP contribution in [-0.2, 0) is 6.54 Å². The minimum absolute atomic E-state index is 0.162. The molecular weight excluding hydrogens is 206 g/mol. The Morgan fingerprint density at radius 3 is 2.94 bits per heavy atom. The van der Waals surface area contributed by atoms with Crippen molar-refractivity contribution in [2.45, 2.75) is 6.54 Å². The summed E-state index contributed by atoms with van der Waals surface area (Å²) in [5, 5.41) is 4.04. The van der Waals surface area contributed by atoms with Crippen molar-refractivity contribution in [2.24, 2.45) is 0 Å². The molecule has 82 valence electrons. The summed E-state index contributed by atoms with van der Waals surface area (Å²) >= 11 is 0. The molecule has 2 aromatic rings. The van der Waals surface area contributed by atoms with E-state index in [1.807, 2.05) is 12.1 Å². The van der Waals surface area contributed by atoms with E-state index in [1.54, 1.807) is 18.5 Å². The van der Waals surface area contributed by atoms with Gasteiger partial charge < -0.3 is 4.74 Å². The molecule has 2 rings (SSSR count). The molecule has 0 unspecified atom stereocenters. The van der Waals surface area contributed by atoms with Crippen molar-refractivity contribution in [2.75, 3.05) is 7.11 Å². The van der Waals surface area contributed by atoms with E-state index < -0.39 is 0 Å². The van der Waals surface area contributed by atoms with Gasteiger partial charge in [0.1, 0.15) is 0 Å². The minimum Gasteiger partial charge on any atom is -0.480 e. The molecule has 0 atom stereocenters. The van der Waals surface area contributed by atoms with Crippen molar-refractivity contribution in [3.63, 3.8) is 0 Å². The fourth-order valence-electron chi connectivity index (χ4n) is 1.32. The molecule has 5 nitrogen and oxygen atoms in total. The van der Waals surface area contributed by atoms with Crippen LogP contribution in [0, 0.1) is 0 Å². The molecule has 0 aliphatic heterocycles. The van der Waals surface area contributed by atoms with Crippen molar-refractivity contribution >= 4 is 0 Å². The van der Waals surface area contributed by atoms with Gasteiger partial charge in [0.15, 0.2) is 0 Å². The molecule has 0 saturated heterocycles. The minimum atomic E-state index is -0.162. The SMILES string of the molecule is COc1ccc(=O)n(Cc2cccnc2)n1. The number of rotatable bonds is 3. The third-order valence-corrected chi connectivity index (χ3v) is 2.11. The Balaban J connectivity index is 2.31. The maximum Gasteiger partial charge on any atom is 0.267 e. The number of nitrogens with zero attached hydrogens (tertiary/aromatic N) is 3. The van der Waals surface area contributed by atoms with Gasteiger partial charge in [-0.05, 0) is 11.6 Å². The number of hydrogen-bond acceptors (Lipinski definition) is 4. The topological polar surface area (TPSA) is 57.0 Å². The highest BCUT2D eigenvalue weighted by molar-refractivity contribution is 5.11. The second kappa shape index (κ2) is 4.57. The zero-order valence-electron chi connectivity index (χ0n) is 8.83. The molecule has 0 fully saturated rings. The van der Waals surface area contributed by atoms with Crippen molar-refractivity contribution in [1.29, 1.82) is 0 Å². The lowest BCUT2D eigenvalue weighted by molar-refractivity contribution is 0.379. The lowest BCUT2D eigenvalue weighted by atomic mass is 10.3. The van der Waals surface area contributed by atoms with Crippen LogP contribution in [0.1, 0.15) is 5.56 Å². The highest BCUT2D eigenvalue weighted by atomic mass is 16.5. The van der Waals surface area contributed by atoms with Gasteiger partial charge in [0, 0.05) is 24.5 Å². The molecule has 0 aliphatic rings. The maximum absolute atomic E-state index is 11.5.